The molecule has 0 aliphatic carbocycles. The first kappa shape index (κ1) is 16.8. The number of rotatable bonds is 7. The normalized spacial score (nSPS) is 11.0. The lowest BCUT2D eigenvalue weighted by Crippen LogP contribution is -2.06. The van der Waals surface area contributed by atoms with E-state index in [0.717, 1.165) is 34.8 Å². The average molecular weight is 362 g/mol. The molecule has 2 aromatic carbocycles. The largest absolute Gasteiger partial charge is 0.361 e. The van der Waals surface area contributed by atoms with Crippen LogP contribution >= 0.6 is 23.5 Å². The minimum Gasteiger partial charge on any atom is -0.361 e. The summed E-state index contributed by atoms with van der Waals surface area (Å²) in [4.78, 5) is 14.4. The summed E-state index contributed by atoms with van der Waals surface area (Å²) < 4.78 is 3.28. The van der Waals surface area contributed by atoms with Crippen molar-refractivity contribution in [3.63, 3.8) is 0 Å². The van der Waals surface area contributed by atoms with E-state index in [9.17, 15) is 10.1 Å². The van der Waals surface area contributed by atoms with E-state index in [1.165, 1.54) is 35.0 Å². The predicted octanol–water partition coefficient (Wildman–Crippen LogP) is 4.96. The van der Waals surface area contributed by atoms with Gasteiger partial charge in [-0.2, -0.15) is 0 Å². The van der Waals surface area contributed by atoms with Crippen LogP contribution in [-0.4, -0.2) is 16.5 Å². The molecule has 0 fully saturated rings. The van der Waals surface area contributed by atoms with Crippen LogP contribution in [0.15, 0.2) is 53.6 Å². The van der Waals surface area contributed by atoms with Gasteiger partial charge in [0.05, 0.1) is 4.92 Å². The smallest absolute Gasteiger partial charge is 0.269 e. The lowest BCUT2D eigenvalue weighted by atomic mass is 10.1. The molecule has 0 aliphatic rings. The third-order valence-electron chi connectivity index (χ3n) is 3.69. The van der Waals surface area contributed by atoms with Crippen molar-refractivity contribution in [2.75, 3.05) is 6.54 Å². The van der Waals surface area contributed by atoms with E-state index >= 15 is 0 Å². The molecule has 7 heteroatoms. The summed E-state index contributed by atoms with van der Waals surface area (Å²) in [6.07, 6.45) is 3.97. The van der Waals surface area contributed by atoms with Gasteiger partial charge in [0.15, 0.2) is 0 Å². The number of nitro benzene ring substituents is 1. The SMILES string of the molecule is O=[N+]([O-])c1ccc(SNCCCc2c[nH]c3ccc(Cl)cc23)cc1. The van der Waals surface area contributed by atoms with Gasteiger partial charge in [-0.25, -0.2) is 0 Å². The van der Waals surface area contributed by atoms with Gasteiger partial charge in [0, 0.05) is 45.7 Å². The zero-order valence-corrected chi connectivity index (χ0v) is 14.4. The molecule has 2 N–H and O–H groups in total. The van der Waals surface area contributed by atoms with Crippen LogP contribution in [0, 0.1) is 10.1 Å². The number of aromatic amines is 1. The molecule has 24 heavy (non-hydrogen) atoms. The molecule has 0 unspecified atom stereocenters. The summed E-state index contributed by atoms with van der Waals surface area (Å²) in [6.45, 7) is 0.842. The van der Waals surface area contributed by atoms with Crippen molar-refractivity contribution in [3.8, 4) is 0 Å². The summed E-state index contributed by atoms with van der Waals surface area (Å²) in [7, 11) is 0. The van der Waals surface area contributed by atoms with Crippen LogP contribution in [0.3, 0.4) is 0 Å². The first-order valence-electron chi connectivity index (χ1n) is 7.53. The monoisotopic (exact) mass is 361 g/mol. The molecule has 0 amide bonds. The first-order chi connectivity index (χ1) is 11.6. The Balaban J connectivity index is 1.46. The van der Waals surface area contributed by atoms with Crippen molar-refractivity contribution < 1.29 is 4.92 Å². The van der Waals surface area contributed by atoms with Crippen molar-refractivity contribution >= 4 is 40.1 Å². The Kier molecular flexibility index (Phi) is 5.40. The number of fused-ring (bicyclic) bond motifs is 1. The topological polar surface area (TPSA) is 71.0 Å². The number of non-ortho nitro benzene ring substituents is 1. The van der Waals surface area contributed by atoms with E-state index in [4.69, 9.17) is 11.6 Å². The molecule has 3 aromatic rings. The maximum atomic E-state index is 10.6. The van der Waals surface area contributed by atoms with Crippen LogP contribution in [0.25, 0.3) is 10.9 Å². The fourth-order valence-corrected chi connectivity index (χ4v) is 3.34. The lowest BCUT2D eigenvalue weighted by Gasteiger charge is -2.04. The number of aryl methyl sites for hydroxylation is 1. The number of halogens is 1. The summed E-state index contributed by atoms with van der Waals surface area (Å²) in [5.74, 6) is 0. The Morgan fingerprint density at radius 2 is 2.00 bits per heavy atom. The quantitative estimate of drug-likeness (QED) is 0.270. The van der Waals surface area contributed by atoms with E-state index in [1.807, 2.05) is 24.4 Å². The summed E-state index contributed by atoms with van der Waals surface area (Å²) >= 11 is 7.54. The second kappa shape index (κ2) is 7.70. The number of hydrogen-bond donors (Lipinski definition) is 2. The van der Waals surface area contributed by atoms with Gasteiger partial charge in [-0.05, 0) is 60.7 Å². The Bertz CT molecular complexity index is 849. The van der Waals surface area contributed by atoms with Crippen LogP contribution in [-0.2, 0) is 6.42 Å². The summed E-state index contributed by atoms with van der Waals surface area (Å²) in [6, 6.07) is 12.4. The number of benzene rings is 2. The van der Waals surface area contributed by atoms with E-state index in [2.05, 4.69) is 9.71 Å². The Hall–Kier alpha value is -2.02. The lowest BCUT2D eigenvalue weighted by molar-refractivity contribution is -0.384. The van der Waals surface area contributed by atoms with Crippen LogP contribution in [0.2, 0.25) is 5.02 Å². The van der Waals surface area contributed by atoms with Crippen LogP contribution in [0.4, 0.5) is 5.69 Å². The molecule has 3 rings (SSSR count). The van der Waals surface area contributed by atoms with Crippen molar-refractivity contribution in [1.82, 2.24) is 9.71 Å². The Labute approximate surface area is 148 Å². The number of nitrogens with one attached hydrogen (secondary N) is 2. The van der Waals surface area contributed by atoms with E-state index < -0.39 is 4.92 Å². The van der Waals surface area contributed by atoms with E-state index in [0.29, 0.717) is 0 Å². The summed E-state index contributed by atoms with van der Waals surface area (Å²) in [5, 5.41) is 12.5. The van der Waals surface area contributed by atoms with Gasteiger partial charge in [-0.1, -0.05) is 11.6 Å². The maximum absolute atomic E-state index is 10.6. The Morgan fingerprint density at radius 1 is 1.21 bits per heavy atom. The number of aromatic nitrogens is 1. The van der Waals surface area contributed by atoms with Crippen LogP contribution in [0.5, 0.6) is 0 Å². The average Bonchev–Trinajstić information content (AvgIpc) is 2.97. The van der Waals surface area contributed by atoms with Crippen molar-refractivity contribution in [2.45, 2.75) is 17.7 Å². The molecule has 0 atom stereocenters. The van der Waals surface area contributed by atoms with Crippen molar-refractivity contribution in [2.24, 2.45) is 0 Å². The molecule has 0 spiro atoms. The fourth-order valence-electron chi connectivity index (χ4n) is 2.48. The van der Waals surface area contributed by atoms with Crippen LogP contribution < -0.4 is 4.72 Å². The molecule has 124 valence electrons. The molecule has 1 heterocycles. The third-order valence-corrected chi connectivity index (χ3v) is 4.78. The van der Waals surface area contributed by atoms with Gasteiger partial charge < -0.3 is 4.98 Å². The van der Waals surface area contributed by atoms with Crippen LogP contribution in [0.1, 0.15) is 12.0 Å². The molecule has 5 nitrogen and oxygen atoms in total. The van der Waals surface area contributed by atoms with E-state index in [-0.39, 0.29) is 5.69 Å². The second-order valence-electron chi connectivity index (χ2n) is 5.35. The number of nitro groups is 1. The van der Waals surface area contributed by atoms with Gasteiger partial charge >= 0.3 is 0 Å². The van der Waals surface area contributed by atoms with Gasteiger partial charge in [0.2, 0.25) is 0 Å². The molecule has 0 radical (unpaired) electrons. The van der Waals surface area contributed by atoms with Crippen molar-refractivity contribution in [1.29, 1.82) is 0 Å². The van der Waals surface area contributed by atoms with Gasteiger partial charge in [0.25, 0.3) is 5.69 Å². The number of hydrogen-bond acceptors (Lipinski definition) is 4. The molecular formula is C17H16ClN3O2S. The molecule has 1 aromatic heterocycles. The molecule has 0 bridgehead atoms. The fraction of sp³-hybridized carbons (Fsp3) is 0.176. The van der Waals surface area contributed by atoms with Crippen molar-refractivity contribution in [3.05, 3.63) is 69.4 Å². The maximum Gasteiger partial charge on any atom is 0.269 e. The van der Waals surface area contributed by atoms with Gasteiger partial charge in [-0.15, -0.1) is 0 Å². The minimum atomic E-state index is -0.394. The Morgan fingerprint density at radius 3 is 2.75 bits per heavy atom. The highest BCUT2D eigenvalue weighted by molar-refractivity contribution is 7.97. The first-order valence-corrected chi connectivity index (χ1v) is 8.72. The summed E-state index contributed by atoms with van der Waals surface area (Å²) in [5.41, 5.74) is 2.47. The zero-order valence-electron chi connectivity index (χ0n) is 12.8. The predicted molar refractivity (Wildman–Crippen MR) is 98.6 cm³/mol. The molecule has 0 aliphatic heterocycles. The molecular weight excluding hydrogens is 346 g/mol. The number of H-pyrrole nitrogens is 1. The number of nitrogens with zero attached hydrogens (tertiary/aromatic N) is 1. The van der Waals surface area contributed by atoms with E-state index in [1.54, 1.807) is 12.1 Å². The molecule has 0 saturated carbocycles. The minimum absolute atomic E-state index is 0.109. The standard InChI is InChI=1S/C17H16ClN3O2S/c18-13-3-8-17-16(10-13)12(11-19-17)2-1-9-20-24-15-6-4-14(5-7-15)21(22)23/h3-8,10-11,19-20H,1-2,9H2. The zero-order chi connectivity index (χ0) is 16.9. The highest BCUT2D eigenvalue weighted by atomic mass is 35.5. The highest BCUT2D eigenvalue weighted by Gasteiger charge is 2.05. The second-order valence-corrected chi connectivity index (χ2v) is 6.76. The third kappa shape index (κ3) is 4.08. The molecule has 0 saturated heterocycles. The van der Waals surface area contributed by atoms with Gasteiger partial charge in [-0.3, -0.25) is 14.8 Å². The highest BCUT2D eigenvalue weighted by Crippen LogP contribution is 2.23. The van der Waals surface area contributed by atoms with Gasteiger partial charge in [0.1, 0.15) is 0 Å².